The van der Waals surface area contributed by atoms with Crippen molar-refractivity contribution in [3.05, 3.63) is 114 Å². The Bertz CT molecular complexity index is 1540. The van der Waals surface area contributed by atoms with Gasteiger partial charge in [0, 0.05) is 43.4 Å². The monoisotopic (exact) mass is 602 g/mol. The maximum Gasteiger partial charge on any atom is 0.334 e. The third-order valence-corrected chi connectivity index (χ3v) is 7.65. The number of rotatable bonds is 10. The number of piperazine rings is 1. The van der Waals surface area contributed by atoms with Crippen molar-refractivity contribution in [1.82, 2.24) is 25.1 Å². The van der Waals surface area contributed by atoms with E-state index in [1.54, 1.807) is 35.4 Å². The molecule has 5 rings (SSSR count). The molecule has 2 fully saturated rings. The van der Waals surface area contributed by atoms with Crippen molar-refractivity contribution in [2.24, 2.45) is 0 Å². The van der Waals surface area contributed by atoms with E-state index >= 15 is 0 Å². The third kappa shape index (κ3) is 6.60. The minimum atomic E-state index is -1.02. The molecule has 0 saturated carbocycles. The van der Waals surface area contributed by atoms with Crippen molar-refractivity contribution in [2.45, 2.75) is 31.7 Å². The number of anilines is 1. The normalized spacial score (nSPS) is 18.5. The summed E-state index contributed by atoms with van der Waals surface area (Å²) in [5.41, 5.74) is 2.23. The highest BCUT2D eigenvalue weighted by Crippen LogP contribution is 2.30. The quantitative estimate of drug-likeness (QED) is 0.274. The number of hydrazine groups is 1. The molecule has 5 amide bonds. The minimum absolute atomic E-state index is 0.0985. The fourth-order valence-electron chi connectivity index (χ4n) is 5.58. The molecule has 0 radical (unpaired) electrons. The average molecular weight is 603 g/mol. The second-order valence-electron chi connectivity index (χ2n) is 10.5. The van der Waals surface area contributed by atoms with Crippen LogP contribution < -0.4 is 10.6 Å². The number of carbonyl (C=O) groups is 4. The van der Waals surface area contributed by atoms with Crippen LogP contribution >= 0.6 is 0 Å². The van der Waals surface area contributed by atoms with Gasteiger partial charge in [0.2, 0.25) is 18.2 Å². The first-order chi connectivity index (χ1) is 21.3. The van der Waals surface area contributed by atoms with Gasteiger partial charge in [0.25, 0.3) is 0 Å². The molecule has 44 heavy (non-hydrogen) atoms. The summed E-state index contributed by atoms with van der Waals surface area (Å²) in [6.45, 7) is 3.73. The summed E-state index contributed by atoms with van der Waals surface area (Å²) in [7, 11) is 0. The van der Waals surface area contributed by atoms with Gasteiger partial charge >= 0.3 is 6.03 Å². The molecule has 2 N–H and O–H groups in total. The van der Waals surface area contributed by atoms with E-state index in [4.69, 9.17) is 0 Å². The first kappa shape index (κ1) is 30.4. The highest BCUT2D eigenvalue weighted by Gasteiger charge is 2.51. The molecule has 3 aromatic carbocycles. The Labute approximate surface area is 253 Å². The second-order valence-corrected chi connectivity index (χ2v) is 10.5. The Morgan fingerprint density at radius 3 is 2.43 bits per heavy atom. The van der Waals surface area contributed by atoms with Crippen LogP contribution in [0.3, 0.4) is 0 Å². The summed E-state index contributed by atoms with van der Waals surface area (Å²) in [6.07, 6.45) is 1.31. The van der Waals surface area contributed by atoms with Crippen LogP contribution in [0.25, 0.3) is 0 Å². The lowest BCUT2D eigenvalue weighted by Crippen LogP contribution is -2.76. The predicted molar refractivity (Wildman–Crippen MR) is 158 cm³/mol. The SMILES string of the molecule is C=CCN1CC(=O)N2C(CN(Cc3ccc(F)cc3F)C(=O)[C@@H]2Cc2ccc(NC=O)cc2)N1C(=O)NCc1ccccc1. The Hall–Kier alpha value is -5.10. The number of urea groups is 1. The van der Waals surface area contributed by atoms with Gasteiger partial charge < -0.3 is 20.4 Å². The molecule has 10 nitrogen and oxygen atoms in total. The zero-order chi connectivity index (χ0) is 31.2. The van der Waals surface area contributed by atoms with Gasteiger partial charge in [0.1, 0.15) is 23.8 Å². The van der Waals surface area contributed by atoms with E-state index in [9.17, 15) is 28.0 Å². The minimum Gasteiger partial charge on any atom is -0.333 e. The molecular weight excluding hydrogens is 570 g/mol. The highest BCUT2D eigenvalue weighted by molar-refractivity contribution is 5.91. The lowest BCUT2D eigenvalue weighted by molar-refractivity contribution is -0.189. The van der Waals surface area contributed by atoms with Crippen LogP contribution in [0.4, 0.5) is 19.3 Å². The number of hydrogen-bond donors (Lipinski definition) is 2. The van der Waals surface area contributed by atoms with Gasteiger partial charge in [0.05, 0.1) is 13.1 Å². The number of benzene rings is 3. The Kier molecular flexibility index (Phi) is 9.29. The second kappa shape index (κ2) is 13.5. The molecule has 2 heterocycles. The summed E-state index contributed by atoms with van der Waals surface area (Å²) in [4.78, 5) is 55.1. The van der Waals surface area contributed by atoms with Crippen LogP contribution in [0.1, 0.15) is 16.7 Å². The fourth-order valence-corrected chi connectivity index (χ4v) is 5.58. The molecule has 2 atom stereocenters. The maximum absolute atomic E-state index is 14.7. The number of carbonyl (C=O) groups excluding carboxylic acids is 4. The van der Waals surface area contributed by atoms with E-state index in [0.29, 0.717) is 17.7 Å². The molecule has 3 aromatic rings. The van der Waals surface area contributed by atoms with Crippen molar-refractivity contribution >= 4 is 29.9 Å². The highest BCUT2D eigenvalue weighted by atomic mass is 19.1. The van der Waals surface area contributed by atoms with Crippen LogP contribution in [0.2, 0.25) is 0 Å². The van der Waals surface area contributed by atoms with Crippen molar-refractivity contribution in [2.75, 3.05) is 25.0 Å². The molecule has 0 bridgehead atoms. The Balaban J connectivity index is 1.50. The van der Waals surface area contributed by atoms with Gasteiger partial charge in [-0.3, -0.25) is 14.4 Å². The van der Waals surface area contributed by atoms with Gasteiger partial charge in [-0.1, -0.05) is 54.6 Å². The first-order valence-corrected chi connectivity index (χ1v) is 14.1. The zero-order valence-corrected chi connectivity index (χ0v) is 23.9. The summed E-state index contributed by atoms with van der Waals surface area (Å²) in [5, 5.41) is 8.46. The fraction of sp³-hybridized carbons (Fsp3) is 0.250. The van der Waals surface area contributed by atoms with Gasteiger partial charge in [0.15, 0.2) is 0 Å². The predicted octanol–water partition coefficient (Wildman–Crippen LogP) is 3.27. The van der Waals surface area contributed by atoms with Gasteiger partial charge in [-0.05, 0) is 29.3 Å². The number of nitrogens with one attached hydrogen (secondary N) is 2. The Morgan fingerprint density at radius 2 is 1.75 bits per heavy atom. The number of hydrogen-bond acceptors (Lipinski definition) is 5. The number of fused-ring (bicyclic) bond motifs is 1. The van der Waals surface area contributed by atoms with Gasteiger partial charge in [-0.15, -0.1) is 6.58 Å². The van der Waals surface area contributed by atoms with Crippen molar-refractivity contribution in [3.8, 4) is 0 Å². The number of amides is 5. The molecular formula is C32H32F2N6O4. The van der Waals surface area contributed by atoms with Crippen LogP contribution in [0, 0.1) is 11.6 Å². The van der Waals surface area contributed by atoms with E-state index in [1.807, 2.05) is 30.3 Å². The van der Waals surface area contributed by atoms with Crippen LogP contribution in [-0.4, -0.2) is 75.9 Å². The van der Waals surface area contributed by atoms with E-state index in [-0.39, 0.29) is 50.6 Å². The average Bonchev–Trinajstić information content (AvgIpc) is 3.01. The number of nitrogens with zero attached hydrogens (tertiary/aromatic N) is 4. The largest absolute Gasteiger partial charge is 0.334 e. The summed E-state index contributed by atoms with van der Waals surface area (Å²) < 4.78 is 28.4. The maximum atomic E-state index is 14.7. The van der Waals surface area contributed by atoms with E-state index in [2.05, 4.69) is 17.2 Å². The van der Waals surface area contributed by atoms with E-state index < -0.39 is 35.8 Å². The zero-order valence-electron chi connectivity index (χ0n) is 23.9. The topological polar surface area (TPSA) is 105 Å². The molecule has 0 aromatic heterocycles. The van der Waals surface area contributed by atoms with E-state index in [1.165, 1.54) is 20.9 Å². The van der Waals surface area contributed by atoms with E-state index in [0.717, 1.165) is 17.7 Å². The molecule has 12 heteroatoms. The van der Waals surface area contributed by atoms with Crippen molar-refractivity contribution < 1.29 is 28.0 Å². The van der Waals surface area contributed by atoms with Crippen LogP contribution in [0.5, 0.6) is 0 Å². The lowest BCUT2D eigenvalue weighted by Gasteiger charge is -2.55. The molecule has 228 valence electrons. The molecule has 2 saturated heterocycles. The molecule has 0 aliphatic carbocycles. The Morgan fingerprint density at radius 1 is 1.00 bits per heavy atom. The molecule has 1 unspecified atom stereocenters. The molecule has 2 aliphatic rings. The summed E-state index contributed by atoms with van der Waals surface area (Å²) in [5.74, 6) is -2.34. The smallest absolute Gasteiger partial charge is 0.333 e. The first-order valence-electron chi connectivity index (χ1n) is 14.1. The number of halogens is 2. The van der Waals surface area contributed by atoms with Gasteiger partial charge in [-0.2, -0.15) is 0 Å². The summed E-state index contributed by atoms with van der Waals surface area (Å²) >= 11 is 0. The molecule has 0 spiro atoms. The van der Waals surface area contributed by atoms with Crippen LogP contribution in [0.15, 0.2) is 85.5 Å². The van der Waals surface area contributed by atoms with Crippen LogP contribution in [-0.2, 0) is 33.9 Å². The standard InChI is InChI=1S/C32H32F2N6O4/c1-2-14-38-20-30(42)39-28(15-22-8-12-26(13-9-22)36-21-41)31(43)37(18-24-10-11-25(33)16-27(24)34)19-29(39)40(38)32(44)35-17-23-6-4-3-5-7-23/h2-13,16,21,28-29H,1,14-15,17-20H2,(H,35,44)(H,36,41)/t28-,29?/m0/s1. The molecule has 2 aliphatic heterocycles. The van der Waals surface area contributed by atoms with Crippen molar-refractivity contribution in [3.63, 3.8) is 0 Å². The van der Waals surface area contributed by atoms with Gasteiger partial charge in [-0.25, -0.2) is 23.6 Å². The van der Waals surface area contributed by atoms with Crippen molar-refractivity contribution in [1.29, 1.82) is 0 Å². The summed E-state index contributed by atoms with van der Waals surface area (Å²) in [6, 6.07) is 17.8. The lowest BCUT2D eigenvalue weighted by atomic mass is 9.98. The third-order valence-electron chi connectivity index (χ3n) is 7.65.